The number of rotatable bonds is 5. The summed E-state index contributed by atoms with van der Waals surface area (Å²) in [6.45, 7) is 0. The summed E-state index contributed by atoms with van der Waals surface area (Å²) in [6.07, 6.45) is 32.8. The lowest BCUT2D eigenvalue weighted by Crippen LogP contribution is -2.43. The number of allylic oxidation sites excluding steroid dienone is 13. The van der Waals surface area contributed by atoms with Gasteiger partial charge in [0.05, 0.1) is 11.5 Å². The zero-order chi connectivity index (χ0) is 38.9. The quantitative estimate of drug-likeness (QED) is 0.178. The fraction of sp³-hybridized carbons (Fsp3) is 0.200. The number of hydrogen-bond acceptors (Lipinski definition) is 4. The van der Waals surface area contributed by atoms with Crippen LogP contribution in [-0.4, -0.2) is 6.04 Å². The van der Waals surface area contributed by atoms with E-state index in [9.17, 15) is 0 Å². The van der Waals surface area contributed by atoms with Gasteiger partial charge < -0.3 is 18.8 Å². The van der Waals surface area contributed by atoms with Crippen molar-refractivity contribution in [2.75, 3.05) is 4.90 Å². The Balaban J connectivity index is 0.937. The first-order chi connectivity index (χ1) is 29.2. The van der Waals surface area contributed by atoms with Crippen molar-refractivity contribution in [3.05, 3.63) is 220 Å². The number of nitrogens with zero attached hydrogens (tertiary/aromatic N) is 1. The molecule has 0 saturated heterocycles. The first kappa shape index (κ1) is 34.5. The van der Waals surface area contributed by atoms with Crippen molar-refractivity contribution in [3.63, 3.8) is 0 Å². The maximum Gasteiger partial charge on any atom is 0.134 e. The normalized spacial score (nSPS) is 23.6. The van der Waals surface area contributed by atoms with Gasteiger partial charge in [-0.2, -0.15) is 0 Å². The van der Waals surface area contributed by atoms with Crippen LogP contribution in [0, 0.1) is 0 Å². The van der Waals surface area contributed by atoms with Crippen molar-refractivity contribution in [2.24, 2.45) is 0 Å². The number of fused-ring (bicyclic) bond motifs is 9. The lowest BCUT2D eigenvalue weighted by Gasteiger charge is -2.50. The van der Waals surface area contributed by atoms with Crippen molar-refractivity contribution < 1.29 is 13.9 Å². The Morgan fingerprint density at radius 1 is 0.712 bits per heavy atom. The molecular weight excluding hydrogens is 723 g/mol. The predicted octanol–water partition coefficient (Wildman–Crippen LogP) is 13.8. The molecule has 12 rings (SSSR count). The van der Waals surface area contributed by atoms with E-state index in [1.165, 1.54) is 61.3 Å². The molecule has 5 aliphatic carbocycles. The smallest absolute Gasteiger partial charge is 0.134 e. The first-order valence-electron chi connectivity index (χ1n) is 21.4. The zero-order valence-electron chi connectivity index (χ0n) is 33.1. The van der Waals surface area contributed by atoms with Crippen LogP contribution in [0.3, 0.4) is 0 Å². The summed E-state index contributed by atoms with van der Waals surface area (Å²) in [7, 11) is 0. The van der Waals surface area contributed by atoms with E-state index < -0.39 is 5.41 Å². The summed E-state index contributed by atoms with van der Waals surface area (Å²) in [5, 5.41) is 1.20. The van der Waals surface area contributed by atoms with E-state index in [1.54, 1.807) is 0 Å². The molecule has 3 unspecified atom stereocenters. The monoisotopic (exact) mass is 767 g/mol. The molecule has 5 aromatic rings. The molecule has 3 atom stereocenters. The van der Waals surface area contributed by atoms with Crippen LogP contribution in [-0.2, 0) is 16.6 Å². The lowest BCUT2D eigenvalue weighted by molar-refractivity contribution is 0.270. The van der Waals surface area contributed by atoms with Gasteiger partial charge in [0, 0.05) is 57.8 Å². The molecule has 0 N–H and O–H groups in total. The summed E-state index contributed by atoms with van der Waals surface area (Å²) < 4.78 is 20.3. The van der Waals surface area contributed by atoms with Gasteiger partial charge in [0.25, 0.3) is 0 Å². The number of ether oxygens (including phenoxy) is 2. The van der Waals surface area contributed by atoms with Crippen LogP contribution >= 0.6 is 0 Å². The molecule has 4 heteroatoms. The minimum Gasteiger partial charge on any atom is -0.461 e. The van der Waals surface area contributed by atoms with Crippen LogP contribution in [0.5, 0.6) is 5.75 Å². The first-order valence-corrected chi connectivity index (χ1v) is 21.4. The molecule has 7 aliphatic rings. The average Bonchev–Trinajstić information content (AvgIpc) is 3.68. The third-order valence-corrected chi connectivity index (χ3v) is 13.5. The number of hydrogen-bond donors (Lipinski definition) is 0. The van der Waals surface area contributed by atoms with Crippen molar-refractivity contribution in [1.29, 1.82) is 0 Å². The van der Waals surface area contributed by atoms with Gasteiger partial charge in [0.15, 0.2) is 0 Å². The van der Waals surface area contributed by atoms with Crippen LogP contribution in [0.1, 0.15) is 78.9 Å². The molecular formula is C55H45NO3. The Morgan fingerprint density at radius 2 is 1.58 bits per heavy atom. The Kier molecular flexibility index (Phi) is 8.08. The van der Waals surface area contributed by atoms with Gasteiger partial charge >= 0.3 is 0 Å². The second-order valence-electron chi connectivity index (χ2n) is 16.7. The van der Waals surface area contributed by atoms with Gasteiger partial charge in [-0.1, -0.05) is 109 Å². The van der Waals surface area contributed by atoms with Crippen LogP contribution in [0.2, 0.25) is 0 Å². The maximum absolute atomic E-state index is 7.01. The summed E-state index contributed by atoms with van der Waals surface area (Å²) in [5.74, 6) is 5.26. The Bertz CT molecular complexity index is 2830. The molecule has 3 heterocycles. The molecule has 4 aromatic carbocycles. The molecule has 0 amide bonds. The lowest BCUT2D eigenvalue weighted by atomic mass is 9.57. The highest BCUT2D eigenvalue weighted by atomic mass is 16.5. The van der Waals surface area contributed by atoms with E-state index in [0.717, 1.165) is 85.7 Å². The van der Waals surface area contributed by atoms with Crippen LogP contribution < -0.4 is 9.64 Å². The van der Waals surface area contributed by atoms with Crippen LogP contribution in [0.25, 0.3) is 22.6 Å². The fourth-order valence-corrected chi connectivity index (χ4v) is 10.8. The van der Waals surface area contributed by atoms with Crippen LogP contribution in [0.15, 0.2) is 196 Å². The fourth-order valence-electron chi connectivity index (χ4n) is 10.8. The second kappa shape index (κ2) is 13.8. The molecule has 1 spiro atoms. The van der Waals surface area contributed by atoms with Gasteiger partial charge in [-0.05, 0) is 115 Å². The van der Waals surface area contributed by atoms with Gasteiger partial charge in [0.1, 0.15) is 34.4 Å². The second-order valence-corrected chi connectivity index (χ2v) is 16.7. The Hall–Kier alpha value is -6.52. The highest BCUT2D eigenvalue weighted by Crippen LogP contribution is 2.62. The molecule has 0 fully saturated rings. The number of para-hydroxylation sites is 2. The molecule has 0 saturated carbocycles. The van der Waals surface area contributed by atoms with Gasteiger partial charge in [0.2, 0.25) is 0 Å². The maximum atomic E-state index is 7.01. The third-order valence-electron chi connectivity index (χ3n) is 13.5. The molecule has 2 aliphatic heterocycles. The van der Waals surface area contributed by atoms with Gasteiger partial charge in [-0.25, -0.2) is 0 Å². The molecule has 0 bridgehead atoms. The van der Waals surface area contributed by atoms with E-state index in [2.05, 4.69) is 169 Å². The van der Waals surface area contributed by atoms with E-state index in [4.69, 9.17) is 13.9 Å². The summed E-state index contributed by atoms with van der Waals surface area (Å²) in [6, 6.07) is 35.7. The van der Waals surface area contributed by atoms with Crippen molar-refractivity contribution in [3.8, 4) is 5.75 Å². The number of furan rings is 1. The van der Waals surface area contributed by atoms with E-state index in [0.29, 0.717) is 0 Å². The average molecular weight is 768 g/mol. The molecule has 4 nitrogen and oxygen atoms in total. The SMILES string of the molecule is C1=CCC(N(c2ccccc2)c2ccc(C3C=CC4=C(C3)Oc3ccccc3C43C4=CCCC=C4OC4=C3CCC(c3ccc5oc6c(c5c3)C=CCC6)=C4)cc2)C=C1. The largest absolute Gasteiger partial charge is 0.461 e. The molecule has 1 aromatic heterocycles. The van der Waals surface area contributed by atoms with Crippen molar-refractivity contribution >= 4 is 34.0 Å². The Morgan fingerprint density at radius 3 is 2.47 bits per heavy atom. The third kappa shape index (κ3) is 5.49. The van der Waals surface area contributed by atoms with Gasteiger partial charge in [-0.3, -0.25) is 0 Å². The van der Waals surface area contributed by atoms with Crippen molar-refractivity contribution in [1.82, 2.24) is 0 Å². The summed E-state index contributed by atoms with van der Waals surface area (Å²) in [5.41, 5.74) is 13.0. The standard InChI is InChI=1S/C55H45NO3/c1-3-13-40(14-4-1)56(41-15-5-2-6-16-41)42-28-23-36(24-29-42)38-25-30-47-53(34-38)58-51-21-11-8-18-45(51)55(47)46-19-9-12-22-52(46)59-54-35-39(26-31-48(54)55)37-27-32-50-44(33-37)43-17-7-10-20-49(43)57-50/h1-8,11,13-15,17-19,21-25,27-30,32-33,35,38,41H,9-10,12,16,20,26,31,34H2. The number of aryl methyl sites for hydroxylation is 1. The zero-order valence-corrected chi connectivity index (χ0v) is 33.1. The van der Waals surface area contributed by atoms with Crippen LogP contribution in [0.4, 0.5) is 11.4 Å². The number of benzene rings is 4. The highest BCUT2D eigenvalue weighted by Gasteiger charge is 2.54. The summed E-state index contributed by atoms with van der Waals surface area (Å²) >= 11 is 0. The van der Waals surface area contributed by atoms with E-state index in [-0.39, 0.29) is 12.0 Å². The van der Waals surface area contributed by atoms with Crippen molar-refractivity contribution in [2.45, 2.75) is 68.7 Å². The minimum absolute atomic E-state index is 0.188. The molecule has 0 radical (unpaired) electrons. The predicted molar refractivity (Wildman–Crippen MR) is 238 cm³/mol. The Labute approximate surface area is 345 Å². The minimum atomic E-state index is -0.492. The number of anilines is 2. The summed E-state index contributed by atoms with van der Waals surface area (Å²) in [4.78, 5) is 2.45. The molecule has 59 heavy (non-hydrogen) atoms. The van der Waals surface area contributed by atoms with Gasteiger partial charge in [-0.15, -0.1) is 0 Å². The van der Waals surface area contributed by atoms with E-state index >= 15 is 0 Å². The highest BCUT2D eigenvalue weighted by molar-refractivity contribution is 5.92. The topological polar surface area (TPSA) is 34.8 Å². The molecule has 288 valence electrons. The van der Waals surface area contributed by atoms with E-state index in [1.807, 2.05) is 0 Å².